The molecule has 0 aromatic heterocycles. The smallest absolute Gasteiger partial charge is 0.187 e. The van der Waals surface area contributed by atoms with E-state index in [0.717, 1.165) is 5.70 Å². The quantitative estimate of drug-likeness (QED) is 0.450. The average Bonchev–Trinajstić information content (AvgIpc) is 2.27. The van der Waals surface area contributed by atoms with Gasteiger partial charge >= 0.3 is 0 Å². The van der Waals surface area contributed by atoms with Gasteiger partial charge in [0, 0.05) is 23.9 Å². The fourth-order valence-electron chi connectivity index (χ4n) is 1.17. The van der Waals surface area contributed by atoms with E-state index < -0.39 is 0 Å². The third-order valence-electron chi connectivity index (χ3n) is 1.93. The number of carbonyl (C=O) groups excluding carboxylic acids is 1. The number of hydrogen-bond acceptors (Lipinski definition) is 2. The highest BCUT2D eigenvalue weighted by molar-refractivity contribution is 6.04. The van der Waals surface area contributed by atoms with Crippen LogP contribution in [0.3, 0.4) is 0 Å². The molecule has 0 bridgehead atoms. The molecule has 2 nitrogen and oxygen atoms in total. The summed E-state index contributed by atoms with van der Waals surface area (Å²) in [5.74, 6) is 0.0182. The number of benzene rings is 1. The first-order chi connectivity index (χ1) is 7.24. The van der Waals surface area contributed by atoms with E-state index in [1.54, 1.807) is 24.3 Å². The summed E-state index contributed by atoms with van der Waals surface area (Å²) in [5.41, 5.74) is 1.56. The standard InChI is InChI=1S/C13H15NO/c1-3-9-14-11(2)10-13(15)12-7-5-4-6-8-12/h3-8,10,14H,1,9H2,2H3/b11-10-. The molecule has 0 saturated heterocycles. The van der Waals surface area contributed by atoms with Gasteiger partial charge in [-0.3, -0.25) is 4.79 Å². The molecule has 1 aromatic carbocycles. The maximum Gasteiger partial charge on any atom is 0.187 e. The van der Waals surface area contributed by atoms with Crippen LogP contribution in [-0.4, -0.2) is 12.3 Å². The largest absolute Gasteiger partial charge is 0.385 e. The molecule has 0 aliphatic carbocycles. The van der Waals surface area contributed by atoms with E-state index in [1.165, 1.54) is 0 Å². The molecule has 1 aromatic rings. The minimum absolute atomic E-state index is 0.0182. The molecule has 0 fully saturated rings. The van der Waals surface area contributed by atoms with Crippen LogP contribution in [0.2, 0.25) is 0 Å². The fourth-order valence-corrected chi connectivity index (χ4v) is 1.17. The van der Waals surface area contributed by atoms with Crippen LogP contribution in [0.5, 0.6) is 0 Å². The number of carbonyl (C=O) groups is 1. The van der Waals surface area contributed by atoms with Gasteiger partial charge in [-0.25, -0.2) is 0 Å². The summed E-state index contributed by atoms with van der Waals surface area (Å²) in [6.07, 6.45) is 3.35. The normalized spacial score (nSPS) is 10.9. The maximum atomic E-state index is 11.7. The van der Waals surface area contributed by atoms with Gasteiger partial charge in [0.05, 0.1) is 0 Å². The molecule has 1 N–H and O–H groups in total. The second-order valence-electron chi connectivity index (χ2n) is 3.23. The molecular formula is C13H15NO. The lowest BCUT2D eigenvalue weighted by molar-refractivity contribution is 0.104. The molecule has 0 aliphatic rings. The Morgan fingerprint density at radius 3 is 2.67 bits per heavy atom. The zero-order valence-corrected chi connectivity index (χ0v) is 8.86. The molecule has 0 radical (unpaired) electrons. The van der Waals surface area contributed by atoms with Crippen LogP contribution >= 0.6 is 0 Å². The van der Waals surface area contributed by atoms with Crippen molar-refractivity contribution in [3.05, 3.63) is 60.3 Å². The number of nitrogens with one attached hydrogen (secondary N) is 1. The summed E-state index contributed by atoms with van der Waals surface area (Å²) >= 11 is 0. The summed E-state index contributed by atoms with van der Waals surface area (Å²) in [6, 6.07) is 9.21. The minimum Gasteiger partial charge on any atom is -0.385 e. The number of ketones is 1. The number of hydrogen-bond donors (Lipinski definition) is 1. The lowest BCUT2D eigenvalue weighted by Gasteiger charge is -2.02. The summed E-state index contributed by atoms with van der Waals surface area (Å²) in [4.78, 5) is 11.7. The molecule has 0 aliphatic heterocycles. The zero-order chi connectivity index (χ0) is 11.1. The van der Waals surface area contributed by atoms with Gasteiger partial charge < -0.3 is 5.32 Å². The van der Waals surface area contributed by atoms with Crippen LogP contribution in [0.25, 0.3) is 0 Å². The van der Waals surface area contributed by atoms with Gasteiger partial charge in [-0.2, -0.15) is 0 Å². The monoisotopic (exact) mass is 201 g/mol. The zero-order valence-electron chi connectivity index (χ0n) is 8.86. The van der Waals surface area contributed by atoms with Crippen LogP contribution in [0.1, 0.15) is 17.3 Å². The highest BCUT2D eigenvalue weighted by Gasteiger charge is 2.00. The molecule has 1 rings (SSSR count). The van der Waals surface area contributed by atoms with Crippen molar-refractivity contribution in [2.24, 2.45) is 0 Å². The Bertz CT molecular complexity index is 365. The molecule has 2 heteroatoms. The SMILES string of the molecule is C=CCN/C(C)=C\C(=O)c1ccccc1. The number of allylic oxidation sites excluding steroid dienone is 2. The predicted molar refractivity (Wildman–Crippen MR) is 62.7 cm³/mol. The first kappa shape index (κ1) is 11.2. The molecule has 0 amide bonds. The molecule has 0 saturated carbocycles. The summed E-state index contributed by atoms with van der Waals surface area (Å²) < 4.78 is 0. The van der Waals surface area contributed by atoms with E-state index in [0.29, 0.717) is 12.1 Å². The van der Waals surface area contributed by atoms with Gasteiger partial charge in [-0.05, 0) is 6.92 Å². The molecule has 0 unspecified atom stereocenters. The Kier molecular flexibility index (Phi) is 4.35. The van der Waals surface area contributed by atoms with Gasteiger partial charge in [0.2, 0.25) is 0 Å². The highest BCUT2D eigenvalue weighted by Crippen LogP contribution is 2.02. The first-order valence-corrected chi connectivity index (χ1v) is 4.86. The van der Waals surface area contributed by atoms with Crippen LogP contribution in [0.15, 0.2) is 54.8 Å². The molecule has 15 heavy (non-hydrogen) atoms. The summed E-state index contributed by atoms with van der Waals surface area (Å²) in [5, 5.41) is 3.06. The lowest BCUT2D eigenvalue weighted by atomic mass is 10.1. The van der Waals surface area contributed by atoms with Crippen molar-refractivity contribution in [1.29, 1.82) is 0 Å². The van der Waals surface area contributed by atoms with Crippen LogP contribution < -0.4 is 5.32 Å². The second kappa shape index (κ2) is 5.81. The van der Waals surface area contributed by atoms with Crippen LogP contribution in [0, 0.1) is 0 Å². The van der Waals surface area contributed by atoms with Gasteiger partial charge in [0.1, 0.15) is 0 Å². The van der Waals surface area contributed by atoms with Crippen molar-refractivity contribution < 1.29 is 4.79 Å². The Balaban J connectivity index is 2.66. The predicted octanol–water partition coefficient (Wildman–Crippen LogP) is 2.55. The molecule has 0 heterocycles. The van der Waals surface area contributed by atoms with Crippen molar-refractivity contribution in [2.45, 2.75) is 6.92 Å². The molecular weight excluding hydrogens is 186 g/mol. The van der Waals surface area contributed by atoms with E-state index in [1.807, 2.05) is 25.1 Å². The van der Waals surface area contributed by atoms with Crippen molar-refractivity contribution in [1.82, 2.24) is 5.32 Å². The average molecular weight is 201 g/mol. The van der Waals surface area contributed by atoms with Crippen molar-refractivity contribution in [3.8, 4) is 0 Å². The van der Waals surface area contributed by atoms with Crippen LogP contribution in [-0.2, 0) is 0 Å². The Labute approximate surface area is 90.3 Å². The first-order valence-electron chi connectivity index (χ1n) is 4.86. The van der Waals surface area contributed by atoms with E-state index >= 15 is 0 Å². The Morgan fingerprint density at radius 2 is 2.07 bits per heavy atom. The van der Waals surface area contributed by atoms with Crippen molar-refractivity contribution >= 4 is 5.78 Å². The fraction of sp³-hybridized carbons (Fsp3) is 0.154. The molecule has 78 valence electrons. The summed E-state index contributed by atoms with van der Waals surface area (Å²) in [7, 11) is 0. The maximum absolute atomic E-state index is 11.7. The van der Waals surface area contributed by atoms with Crippen molar-refractivity contribution in [3.63, 3.8) is 0 Å². The second-order valence-corrected chi connectivity index (χ2v) is 3.23. The van der Waals surface area contributed by atoms with E-state index in [-0.39, 0.29) is 5.78 Å². The minimum atomic E-state index is 0.0182. The van der Waals surface area contributed by atoms with Gasteiger partial charge in [-0.15, -0.1) is 6.58 Å². The highest BCUT2D eigenvalue weighted by atomic mass is 16.1. The summed E-state index contributed by atoms with van der Waals surface area (Å²) in [6.45, 7) is 6.13. The van der Waals surface area contributed by atoms with E-state index in [9.17, 15) is 4.79 Å². The lowest BCUT2D eigenvalue weighted by Crippen LogP contribution is -2.11. The van der Waals surface area contributed by atoms with Gasteiger partial charge in [0.25, 0.3) is 0 Å². The topological polar surface area (TPSA) is 29.1 Å². The Morgan fingerprint density at radius 1 is 1.40 bits per heavy atom. The van der Waals surface area contributed by atoms with Gasteiger partial charge in [0.15, 0.2) is 5.78 Å². The third-order valence-corrected chi connectivity index (χ3v) is 1.93. The number of rotatable bonds is 5. The third kappa shape index (κ3) is 3.81. The van der Waals surface area contributed by atoms with E-state index in [2.05, 4.69) is 11.9 Å². The van der Waals surface area contributed by atoms with Crippen molar-refractivity contribution in [2.75, 3.05) is 6.54 Å². The van der Waals surface area contributed by atoms with Gasteiger partial charge in [-0.1, -0.05) is 36.4 Å². The molecule has 0 atom stereocenters. The van der Waals surface area contributed by atoms with E-state index in [4.69, 9.17) is 0 Å². The molecule has 0 spiro atoms. The van der Waals surface area contributed by atoms with Crippen LogP contribution in [0.4, 0.5) is 0 Å². The Hall–Kier alpha value is -1.83.